The number of carbonyl (C=O) groups is 2. The van der Waals surface area contributed by atoms with Gasteiger partial charge in [-0.05, 0) is 31.0 Å². The van der Waals surface area contributed by atoms with Crippen LogP contribution >= 0.6 is 0 Å². The Kier molecular flexibility index (Phi) is 5.75. The van der Waals surface area contributed by atoms with Crippen LogP contribution in [-0.4, -0.2) is 18.4 Å². The van der Waals surface area contributed by atoms with E-state index in [1.165, 1.54) is 6.42 Å². The van der Waals surface area contributed by atoms with Crippen LogP contribution in [0.25, 0.3) is 0 Å². The van der Waals surface area contributed by atoms with Gasteiger partial charge in [0.2, 0.25) is 11.8 Å². The topological polar surface area (TPSA) is 84.2 Å². The van der Waals surface area contributed by atoms with Crippen molar-refractivity contribution in [3.63, 3.8) is 0 Å². The Morgan fingerprint density at radius 1 is 1.10 bits per heavy atom. The van der Waals surface area contributed by atoms with Gasteiger partial charge >= 0.3 is 0 Å². The highest BCUT2D eigenvalue weighted by Crippen LogP contribution is 2.25. The first-order valence-electron chi connectivity index (χ1n) is 7.60. The van der Waals surface area contributed by atoms with E-state index in [0.717, 1.165) is 31.4 Å². The number of hydrogen-bond donors (Lipinski definition) is 3. The van der Waals surface area contributed by atoms with Crippen molar-refractivity contribution in [2.24, 2.45) is 11.7 Å². The van der Waals surface area contributed by atoms with Crippen LogP contribution in [0.1, 0.15) is 38.5 Å². The number of carbonyl (C=O) groups excluding carboxylic acids is 2. The lowest BCUT2D eigenvalue weighted by Crippen LogP contribution is -2.24. The van der Waals surface area contributed by atoms with Gasteiger partial charge in [-0.15, -0.1) is 0 Å². The summed E-state index contributed by atoms with van der Waals surface area (Å²) in [7, 11) is 0. The van der Waals surface area contributed by atoms with Crippen LogP contribution in [0.2, 0.25) is 0 Å². The van der Waals surface area contributed by atoms with Gasteiger partial charge < -0.3 is 16.4 Å². The molecule has 0 heterocycles. The van der Waals surface area contributed by atoms with Gasteiger partial charge in [0.25, 0.3) is 0 Å². The van der Waals surface area contributed by atoms with Gasteiger partial charge in [-0.3, -0.25) is 9.59 Å². The number of benzene rings is 1. The molecule has 0 saturated heterocycles. The Morgan fingerprint density at radius 2 is 1.76 bits per heavy atom. The van der Waals surface area contributed by atoms with Gasteiger partial charge in [-0.1, -0.05) is 25.3 Å². The Morgan fingerprint density at radius 3 is 2.43 bits per heavy atom. The van der Waals surface area contributed by atoms with Crippen molar-refractivity contribution in [3.05, 3.63) is 24.3 Å². The van der Waals surface area contributed by atoms with E-state index < -0.39 is 0 Å². The van der Waals surface area contributed by atoms with Crippen LogP contribution in [0.15, 0.2) is 24.3 Å². The van der Waals surface area contributed by atoms with Gasteiger partial charge in [-0.25, -0.2) is 0 Å². The number of hydrogen-bond acceptors (Lipinski definition) is 3. The summed E-state index contributed by atoms with van der Waals surface area (Å²) >= 11 is 0. The quantitative estimate of drug-likeness (QED) is 0.778. The molecule has 1 aliphatic rings. The molecule has 5 heteroatoms. The Hall–Kier alpha value is -1.88. The third-order valence-electron chi connectivity index (χ3n) is 3.76. The van der Waals surface area contributed by atoms with Crippen molar-refractivity contribution in [1.29, 1.82) is 0 Å². The minimum atomic E-state index is -0.117. The van der Waals surface area contributed by atoms with Crippen molar-refractivity contribution in [3.8, 4) is 0 Å². The summed E-state index contributed by atoms with van der Waals surface area (Å²) in [4.78, 5) is 23.7. The summed E-state index contributed by atoms with van der Waals surface area (Å²) in [5.74, 6) is 0.0858. The minimum absolute atomic E-state index is 0.0835. The maximum Gasteiger partial charge on any atom is 0.227 e. The fourth-order valence-corrected chi connectivity index (χ4v) is 2.64. The molecule has 1 aliphatic carbocycles. The van der Waals surface area contributed by atoms with Crippen LogP contribution in [0, 0.1) is 5.92 Å². The van der Waals surface area contributed by atoms with Crippen LogP contribution in [0.3, 0.4) is 0 Å². The molecule has 2 rings (SSSR count). The van der Waals surface area contributed by atoms with Crippen molar-refractivity contribution in [2.75, 3.05) is 17.2 Å². The number of rotatable bonds is 5. The van der Waals surface area contributed by atoms with E-state index in [-0.39, 0.29) is 17.7 Å². The van der Waals surface area contributed by atoms with Gasteiger partial charge in [0, 0.05) is 30.3 Å². The molecule has 4 N–H and O–H groups in total. The molecular formula is C16H23N3O2. The maximum absolute atomic E-state index is 12.2. The standard InChI is InChI=1S/C16H23N3O2/c17-10-9-15(20)18-13-7-4-8-14(11-13)19-16(21)12-5-2-1-3-6-12/h4,7-8,11-12H,1-3,5-6,9-10,17H2,(H,18,20)(H,19,21). The van der Waals surface area contributed by atoms with Crippen molar-refractivity contribution in [1.82, 2.24) is 0 Å². The highest BCUT2D eigenvalue weighted by Gasteiger charge is 2.21. The zero-order valence-electron chi connectivity index (χ0n) is 12.2. The van der Waals surface area contributed by atoms with E-state index in [4.69, 9.17) is 5.73 Å². The Balaban J connectivity index is 1.93. The fourth-order valence-electron chi connectivity index (χ4n) is 2.64. The predicted octanol–water partition coefficient (Wildman–Crippen LogP) is 2.49. The molecule has 1 aromatic rings. The molecule has 1 fully saturated rings. The molecule has 5 nitrogen and oxygen atoms in total. The first kappa shape index (κ1) is 15.5. The van der Waals surface area contributed by atoms with Crippen LogP contribution in [0.5, 0.6) is 0 Å². The van der Waals surface area contributed by atoms with Gasteiger partial charge in [0.15, 0.2) is 0 Å². The molecule has 0 bridgehead atoms. The fraction of sp³-hybridized carbons (Fsp3) is 0.500. The molecule has 0 aromatic heterocycles. The first-order chi connectivity index (χ1) is 10.2. The SMILES string of the molecule is NCCC(=O)Nc1cccc(NC(=O)C2CCCCC2)c1. The summed E-state index contributed by atoms with van der Waals surface area (Å²) < 4.78 is 0. The lowest BCUT2D eigenvalue weighted by molar-refractivity contribution is -0.120. The maximum atomic E-state index is 12.2. The van der Waals surface area contributed by atoms with Crippen LogP contribution in [-0.2, 0) is 9.59 Å². The first-order valence-corrected chi connectivity index (χ1v) is 7.60. The molecule has 21 heavy (non-hydrogen) atoms. The lowest BCUT2D eigenvalue weighted by atomic mass is 9.88. The molecule has 0 unspecified atom stereocenters. The highest BCUT2D eigenvalue weighted by molar-refractivity contribution is 5.95. The molecule has 0 aliphatic heterocycles. The van der Waals surface area contributed by atoms with E-state index in [0.29, 0.717) is 18.7 Å². The second kappa shape index (κ2) is 7.78. The normalized spacial score (nSPS) is 15.5. The summed E-state index contributed by atoms with van der Waals surface area (Å²) in [6.07, 6.45) is 5.73. The zero-order chi connectivity index (χ0) is 15.1. The number of nitrogens with two attached hydrogens (primary N) is 1. The van der Waals surface area contributed by atoms with E-state index in [1.54, 1.807) is 12.1 Å². The van der Waals surface area contributed by atoms with Gasteiger partial charge in [0.1, 0.15) is 0 Å². The molecule has 1 aromatic carbocycles. The third-order valence-corrected chi connectivity index (χ3v) is 3.76. The number of nitrogens with one attached hydrogen (secondary N) is 2. The average Bonchev–Trinajstić information content (AvgIpc) is 2.48. The average molecular weight is 289 g/mol. The molecular weight excluding hydrogens is 266 g/mol. The summed E-state index contributed by atoms with van der Waals surface area (Å²) in [5.41, 5.74) is 6.74. The summed E-state index contributed by atoms with van der Waals surface area (Å²) in [6, 6.07) is 7.22. The molecule has 0 atom stereocenters. The van der Waals surface area contributed by atoms with E-state index >= 15 is 0 Å². The Bertz CT molecular complexity index is 496. The smallest absolute Gasteiger partial charge is 0.227 e. The molecule has 2 amide bonds. The molecule has 0 radical (unpaired) electrons. The van der Waals surface area contributed by atoms with Gasteiger partial charge in [0.05, 0.1) is 0 Å². The van der Waals surface area contributed by atoms with Gasteiger partial charge in [-0.2, -0.15) is 0 Å². The second-order valence-electron chi connectivity index (χ2n) is 5.49. The minimum Gasteiger partial charge on any atom is -0.330 e. The predicted molar refractivity (Wildman–Crippen MR) is 83.9 cm³/mol. The second-order valence-corrected chi connectivity index (χ2v) is 5.49. The highest BCUT2D eigenvalue weighted by atomic mass is 16.2. The third kappa shape index (κ3) is 4.86. The van der Waals surface area contributed by atoms with E-state index in [9.17, 15) is 9.59 Å². The van der Waals surface area contributed by atoms with Crippen molar-refractivity contribution in [2.45, 2.75) is 38.5 Å². The largest absolute Gasteiger partial charge is 0.330 e. The number of amides is 2. The monoisotopic (exact) mass is 289 g/mol. The van der Waals surface area contributed by atoms with Crippen LogP contribution in [0.4, 0.5) is 11.4 Å². The van der Waals surface area contributed by atoms with Crippen molar-refractivity contribution >= 4 is 23.2 Å². The van der Waals surface area contributed by atoms with E-state index in [1.807, 2.05) is 12.1 Å². The lowest BCUT2D eigenvalue weighted by Gasteiger charge is -2.20. The Labute approximate surface area is 125 Å². The zero-order valence-corrected chi connectivity index (χ0v) is 12.2. The molecule has 1 saturated carbocycles. The summed E-state index contributed by atoms with van der Waals surface area (Å²) in [5, 5.41) is 5.71. The molecule has 0 spiro atoms. The number of anilines is 2. The van der Waals surface area contributed by atoms with Crippen molar-refractivity contribution < 1.29 is 9.59 Å². The summed E-state index contributed by atoms with van der Waals surface area (Å²) in [6.45, 7) is 0.323. The van der Waals surface area contributed by atoms with E-state index in [2.05, 4.69) is 10.6 Å². The van der Waals surface area contributed by atoms with Crippen LogP contribution < -0.4 is 16.4 Å². The molecule has 114 valence electrons.